The molecular weight excluding hydrogens is 272 g/mol. The van der Waals surface area contributed by atoms with Crippen molar-refractivity contribution in [2.45, 2.75) is 6.42 Å². The van der Waals surface area contributed by atoms with Gasteiger partial charge in [-0.1, -0.05) is 0 Å². The fraction of sp³-hybridized carbons (Fsp3) is 0.125. The van der Waals surface area contributed by atoms with Gasteiger partial charge in [0.1, 0.15) is 28.8 Å². The monoisotopic (exact) mass is 286 g/mol. The van der Waals surface area contributed by atoms with Gasteiger partial charge in [-0.15, -0.1) is 0 Å². The molecule has 0 fully saturated rings. The van der Waals surface area contributed by atoms with E-state index in [1.807, 2.05) is 0 Å². The average Bonchev–Trinajstić information content (AvgIpc) is 2.48. The molecule has 2 aromatic rings. The second-order valence-electron chi connectivity index (χ2n) is 4.72. The topological polar surface area (TPSA) is 79.2 Å². The maximum absolute atomic E-state index is 10.1. The molecule has 0 spiro atoms. The van der Waals surface area contributed by atoms with Gasteiger partial charge in [0.15, 0.2) is 5.76 Å². The lowest BCUT2D eigenvalue weighted by Gasteiger charge is -2.21. The molecule has 5 nitrogen and oxygen atoms in total. The first-order valence-electron chi connectivity index (χ1n) is 6.37. The van der Waals surface area contributed by atoms with E-state index in [0.717, 1.165) is 0 Å². The van der Waals surface area contributed by atoms with Gasteiger partial charge in [0.05, 0.1) is 7.11 Å². The van der Waals surface area contributed by atoms with Gasteiger partial charge >= 0.3 is 0 Å². The predicted octanol–water partition coefficient (Wildman–Crippen LogP) is 2.97. The molecule has 0 radical (unpaired) electrons. The molecule has 0 unspecified atom stereocenters. The number of aromatic hydroxyl groups is 2. The smallest absolute Gasteiger partial charge is 0.172 e. The molecule has 3 N–H and O–H groups in total. The molecule has 1 aliphatic heterocycles. The van der Waals surface area contributed by atoms with Gasteiger partial charge in [0.2, 0.25) is 0 Å². The highest BCUT2D eigenvalue weighted by Crippen LogP contribution is 2.40. The molecule has 0 aromatic heterocycles. The van der Waals surface area contributed by atoms with E-state index in [0.29, 0.717) is 28.4 Å². The van der Waals surface area contributed by atoms with E-state index in [2.05, 4.69) is 0 Å². The van der Waals surface area contributed by atoms with Crippen LogP contribution in [-0.2, 0) is 6.42 Å². The number of ether oxygens (including phenoxy) is 2. The first-order chi connectivity index (χ1) is 10.1. The number of hydrogen-bond acceptors (Lipinski definition) is 5. The van der Waals surface area contributed by atoms with Crippen LogP contribution in [0.25, 0.3) is 5.76 Å². The summed E-state index contributed by atoms with van der Waals surface area (Å²) in [6, 6.07) is 9.66. The van der Waals surface area contributed by atoms with Crippen molar-refractivity contribution >= 4 is 5.76 Å². The molecule has 2 aromatic carbocycles. The Bertz CT molecular complexity index is 716. The molecule has 5 heteroatoms. The van der Waals surface area contributed by atoms with Crippen LogP contribution in [0.4, 0.5) is 0 Å². The Labute approximate surface area is 121 Å². The van der Waals surface area contributed by atoms with Gasteiger partial charge in [0, 0.05) is 29.7 Å². The van der Waals surface area contributed by atoms with Crippen LogP contribution in [0, 0.1) is 0 Å². The molecule has 108 valence electrons. The zero-order valence-corrected chi connectivity index (χ0v) is 11.3. The first-order valence-corrected chi connectivity index (χ1v) is 6.37. The Balaban J connectivity index is 2.00. The third-order valence-electron chi connectivity index (χ3n) is 3.34. The summed E-state index contributed by atoms with van der Waals surface area (Å²) >= 11 is 0. The molecule has 0 amide bonds. The second-order valence-corrected chi connectivity index (χ2v) is 4.72. The van der Waals surface area contributed by atoms with Gasteiger partial charge in [-0.25, -0.2) is 0 Å². The Morgan fingerprint density at radius 3 is 2.43 bits per heavy atom. The highest BCUT2D eigenvalue weighted by atomic mass is 16.5. The minimum atomic E-state index is -0.106. The average molecular weight is 286 g/mol. The van der Waals surface area contributed by atoms with Crippen molar-refractivity contribution in [3.63, 3.8) is 0 Å². The Morgan fingerprint density at radius 1 is 1.05 bits per heavy atom. The molecule has 0 bridgehead atoms. The van der Waals surface area contributed by atoms with Crippen LogP contribution in [0.15, 0.2) is 42.2 Å². The van der Waals surface area contributed by atoms with Crippen LogP contribution in [0.3, 0.4) is 0 Å². The number of allylic oxidation sites excluding steroid dienone is 1. The lowest BCUT2D eigenvalue weighted by atomic mass is 10.0. The number of rotatable bonds is 2. The number of phenols is 2. The number of aliphatic hydroxyl groups is 1. The van der Waals surface area contributed by atoms with Crippen LogP contribution in [0.2, 0.25) is 0 Å². The number of benzene rings is 2. The van der Waals surface area contributed by atoms with E-state index in [9.17, 15) is 15.3 Å². The summed E-state index contributed by atoms with van der Waals surface area (Å²) in [6.45, 7) is 0. The summed E-state index contributed by atoms with van der Waals surface area (Å²) in [5.74, 6) is 1.15. The van der Waals surface area contributed by atoms with Gasteiger partial charge in [-0.05, 0) is 24.3 Å². The Hall–Kier alpha value is -2.82. The fourth-order valence-electron chi connectivity index (χ4n) is 2.27. The summed E-state index contributed by atoms with van der Waals surface area (Å²) in [5.41, 5.74) is 1.13. The summed E-state index contributed by atoms with van der Waals surface area (Å²) in [4.78, 5) is 0. The number of methoxy groups -OCH3 is 1. The van der Waals surface area contributed by atoms with Gasteiger partial charge in [0.25, 0.3) is 0 Å². The fourth-order valence-corrected chi connectivity index (χ4v) is 2.27. The Morgan fingerprint density at radius 2 is 1.76 bits per heavy atom. The van der Waals surface area contributed by atoms with Crippen molar-refractivity contribution in [2.24, 2.45) is 0 Å². The standard InChI is InChI=1S/C16H14O5/c1-20-11-4-2-9(3-5-11)16-14(19)8-12-13(18)6-10(17)7-15(12)21-16/h2-7,17-19H,8H2,1H3. The number of phenolic OH excluding ortho intramolecular Hbond substituents is 2. The van der Waals surface area contributed by atoms with Crippen LogP contribution in [0.1, 0.15) is 11.1 Å². The molecule has 0 aliphatic carbocycles. The third-order valence-corrected chi connectivity index (χ3v) is 3.34. The van der Waals surface area contributed by atoms with Crippen molar-refractivity contribution < 1.29 is 24.8 Å². The molecule has 3 rings (SSSR count). The highest BCUT2D eigenvalue weighted by molar-refractivity contribution is 5.69. The number of aliphatic hydroxyl groups excluding tert-OH is 1. The van der Waals surface area contributed by atoms with Gasteiger partial charge < -0.3 is 24.8 Å². The first kappa shape index (κ1) is 13.2. The van der Waals surface area contributed by atoms with Gasteiger partial charge in [-0.2, -0.15) is 0 Å². The molecule has 1 heterocycles. The molecule has 0 saturated heterocycles. The van der Waals surface area contributed by atoms with Crippen molar-refractivity contribution in [3.8, 4) is 23.0 Å². The van der Waals surface area contributed by atoms with Crippen molar-refractivity contribution in [1.29, 1.82) is 0 Å². The third kappa shape index (κ3) is 2.33. The van der Waals surface area contributed by atoms with Crippen molar-refractivity contribution in [1.82, 2.24) is 0 Å². The van der Waals surface area contributed by atoms with Gasteiger partial charge in [-0.3, -0.25) is 0 Å². The van der Waals surface area contributed by atoms with E-state index < -0.39 is 0 Å². The molecule has 1 aliphatic rings. The highest BCUT2D eigenvalue weighted by Gasteiger charge is 2.24. The van der Waals surface area contributed by atoms with Crippen LogP contribution >= 0.6 is 0 Å². The van der Waals surface area contributed by atoms with Crippen LogP contribution in [0.5, 0.6) is 23.0 Å². The summed E-state index contributed by atoms with van der Waals surface area (Å²) in [5, 5.41) is 29.5. The van der Waals surface area contributed by atoms with Crippen molar-refractivity contribution in [3.05, 3.63) is 53.3 Å². The van der Waals surface area contributed by atoms with Crippen molar-refractivity contribution in [2.75, 3.05) is 7.11 Å². The predicted molar refractivity (Wildman–Crippen MR) is 76.6 cm³/mol. The Kier molecular flexibility index (Phi) is 3.10. The molecular formula is C16H14O5. The molecule has 0 atom stereocenters. The SMILES string of the molecule is COc1ccc(C2=C(O)Cc3c(O)cc(O)cc3O2)cc1. The van der Waals surface area contributed by atoms with E-state index in [1.165, 1.54) is 12.1 Å². The number of hydrogen-bond donors (Lipinski definition) is 3. The summed E-state index contributed by atoms with van der Waals surface area (Å²) in [7, 11) is 1.57. The maximum atomic E-state index is 10.1. The minimum absolute atomic E-state index is 0.0219. The molecule has 0 saturated carbocycles. The van der Waals surface area contributed by atoms with Crippen LogP contribution < -0.4 is 9.47 Å². The zero-order chi connectivity index (χ0) is 15.0. The van der Waals surface area contributed by atoms with E-state index in [4.69, 9.17) is 9.47 Å². The molecule has 21 heavy (non-hydrogen) atoms. The van der Waals surface area contributed by atoms with E-state index in [-0.39, 0.29) is 23.7 Å². The van der Waals surface area contributed by atoms with Crippen LogP contribution in [-0.4, -0.2) is 22.4 Å². The quantitative estimate of drug-likeness (QED) is 0.791. The summed E-state index contributed by atoms with van der Waals surface area (Å²) < 4.78 is 10.7. The lowest BCUT2D eigenvalue weighted by molar-refractivity contribution is 0.349. The zero-order valence-electron chi connectivity index (χ0n) is 11.3. The van der Waals surface area contributed by atoms with E-state index >= 15 is 0 Å². The lowest BCUT2D eigenvalue weighted by Crippen LogP contribution is -2.09. The minimum Gasteiger partial charge on any atom is -0.508 e. The second kappa shape index (κ2) is 4.94. The number of fused-ring (bicyclic) bond motifs is 1. The van der Waals surface area contributed by atoms with E-state index in [1.54, 1.807) is 31.4 Å². The largest absolute Gasteiger partial charge is 0.508 e. The normalized spacial score (nSPS) is 13.6. The summed E-state index contributed by atoms with van der Waals surface area (Å²) in [6.07, 6.45) is 0.142. The maximum Gasteiger partial charge on any atom is 0.172 e.